The molecule has 0 radical (unpaired) electrons. The Bertz CT molecular complexity index is 885. The van der Waals surface area contributed by atoms with Crippen LogP contribution in [-0.2, 0) is 0 Å². The highest BCUT2D eigenvalue weighted by molar-refractivity contribution is 5.94. The highest BCUT2D eigenvalue weighted by Gasteiger charge is 2.28. The number of pyridine rings is 1. The predicted molar refractivity (Wildman–Crippen MR) is 99.3 cm³/mol. The molecule has 0 saturated carbocycles. The van der Waals surface area contributed by atoms with Gasteiger partial charge in [0.2, 0.25) is 5.95 Å². The molecule has 1 amide bonds. The molecule has 1 unspecified atom stereocenters. The molecular weight excluding hydrogens is 326 g/mol. The van der Waals surface area contributed by atoms with Crippen molar-refractivity contribution >= 4 is 17.7 Å². The van der Waals surface area contributed by atoms with Gasteiger partial charge in [0.1, 0.15) is 5.82 Å². The van der Waals surface area contributed by atoms with Gasteiger partial charge in [0, 0.05) is 37.0 Å². The largest absolute Gasteiger partial charge is 0.338 e. The summed E-state index contributed by atoms with van der Waals surface area (Å²) in [6.45, 7) is 1.42. The normalized spacial score (nSPS) is 16.5. The molecule has 1 N–H and O–H groups in total. The Morgan fingerprint density at radius 3 is 2.65 bits per heavy atom. The van der Waals surface area contributed by atoms with Gasteiger partial charge in [-0.1, -0.05) is 24.3 Å². The number of carbonyl (C=O) groups is 1. The summed E-state index contributed by atoms with van der Waals surface area (Å²) in [5.41, 5.74) is 1.68. The standard InChI is InChI=1S/C20H19N5O/c26-19(15-6-2-1-3-7-15)25-13-10-16(14-25)17-9-12-22-20(23-17)24-18-8-4-5-11-21-18/h1-9,11-12,16H,10,13-14H2,(H,21,22,23,24). The molecular formula is C20H19N5O. The van der Waals surface area contributed by atoms with Crippen molar-refractivity contribution in [3.63, 3.8) is 0 Å². The van der Waals surface area contributed by atoms with Gasteiger partial charge in [-0.05, 0) is 36.8 Å². The zero-order valence-corrected chi connectivity index (χ0v) is 14.2. The van der Waals surface area contributed by atoms with Crippen molar-refractivity contribution in [1.82, 2.24) is 19.9 Å². The van der Waals surface area contributed by atoms with Crippen LogP contribution >= 0.6 is 0 Å². The Balaban J connectivity index is 1.45. The molecule has 1 saturated heterocycles. The maximum Gasteiger partial charge on any atom is 0.253 e. The van der Waals surface area contributed by atoms with Crippen LogP contribution < -0.4 is 5.32 Å². The van der Waals surface area contributed by atoms with Crippen molar-refractivity contribution in [2.75, 3.05) is 18.4 Å². The first-order valence-electron chi connectivity index (χ1n) is 8.65. The van der Waals surface area contributed by atoms with Crippen LogP contribution in [-0.4, -0.2) is 38.8 Å². The van der Waals surface area contributed by atoms with Crippen molar-refractivity contribution in [2.45, 2.75) is 12.3 Å². The topological polar surface area (TPSA) is 71.0 Å². The van der Waals surface area contributed by atoms with Crippen LogP contribution in [0.2, 0.25) is 0 Å². The first-order chi connectivity index (χ1) is 12.8. The molecule has 130 valence electrons. The molecule has 0 spiro atoms. The van der Waals surface area contributed by atoms with Gasteiger partial charge in [0.15, 0.2) is 0 Å². The van der Waals surface area contributed by atoms with Crippen molar-refractivity contribution < 1.29 is 4.79 Å². The molecule has 6 nitrogen and oxygen atoms in total. The SMILES string of the molecule is O=C(c1ccccc1)N1CCC(c2ccnc(Nc3ccccn3)n2)C1. The van der Waals surface area contributed by atoms with Crippen LogP contribution in [0.3, 0.4) is 0 Å². The summed E-state index contributed by atoms with van der Waals surface area (Å²) < 4.78 is 0. The second kappa shape index (κ2) is 7.31. The number of hydrogen-bond donors (Lipinski definition) is 1. The third-order valence-corrected chi connectivity index (χ3v) is 4.50. The van der Waals surface area contributed by atoms with Crippen LogP contribution in [0.15, 0.2) is 67.0 Å². The minimum absolute atomic E-state index is 0.0778. The zero-order chi connectivity index (χ0) is 17.8. The monoisotopic (exact) mass is 345 g/mol. The average Bonchev–Trinajstić information content (AvgIpc) is 3.19. The number of hydrogen-bond acceptors (Lipinski definition) is 5. The molecule has 2 aromatic heterocycles. The van der Waals surface area contributed by atoms with E-state index < -0.39 is 0 Å². The van der Waals surface area contributed by atoms with Crippen LogP contribution in [0, 0.1) is 0 Å². The zero-order valence-electron chi connectivity index (χ0n) is 14.2. The molecule has 4 rings (SSSR count). The van der Waals surface area contributed by atoms with E-state index in [9.17, 15) is 4.79 Å². The minimum atomic E-state index is 0.0778. The lowest BCUT2D eigenvalue weighted by atomic mass is 10.1. The van der Waals surface area contributed by atoms with Gasteiger partial charge >= 0.3 is 0 Å². The minimum Gasteiger partial charge on any atom is -0.338 e. The molecule has 1 aliphatic rings. The second-order valence-electron chi connectivity index (χ2n) is 6.25. The fraction of sp³-hybridized carbons (Fsp3) is 0.200. The second-order valence-corrected chi connectivity index (χ2v) is 6.25. The third-order valence-electron chi connectivity index (χ3n) is 4.50. The Kier molecular flexibility index (Phi) is 4.55. The summed E-state index contributed by atoms with van der Waals surface area (Å²) in [6, 6.07) is 17.0. The van der Waals surface area contributed by atoms with Crippen molar-refractivity contribution in [2.24, 2.45) is 0 Å². The number of anilines is 2. The summed E-state index contributed by atoms with van der Waals surface area (Å²) >= 11 is 0. The summed E-state index contributed by atoms with van der Waals surface area (Å²) in [5.74, 6) is 1.52. The molecule has 3 heterocycles. The molecule has 6 heteroatoms. The fourth-order valence-electron chi connectivity index (χ4n) is 3.16. The lowest BCUT2D eigenvalue weighted by Gasteiger charge is -2.16. The van der Waals surface area contributed by atoms with Gasteiger partial charge in [-0.25, -0.2) is 15.0 Å². The van der Waals surface area contributed by atoms with Crippen molar-refractivity contribution in [3.8, 4) is 0 Å². The lowest BCUT2D eigenvalue weighted by molar-refractivity contribution is 0.0790. The van der Waals surface area contributed by atoms with Gasteiger partial charge < -0.3 is 10.2 Å². The Labute approximate surface area is 151 Å². The molecule has 1 fully saturated rings. The van der Waals surface area contributed by atoms with Crippen LogP contribution in [0.4, 0.5) is 11.8 Å². The number of carbonyl (C=O) groups excluding carboxylic acids is 1. The lowest BCUT2D eigenvalue weighted by Crippen LogP contribution is -2.28. The van der Waals surface area contributed by atoms with E-state index in [4.69, 9.17) is 0 Å². The maximum absolute atomic E-state index is 12.6. The van der Waals surface area contributed by atoms with Gasteiger partial charge in [-0.2, -0.15) is 0 Å². The van der Waals surface area contributed by atoms with E-state index in [2.05, 4.69) is 20.3 Å². The van der Waals surface area contributed by atoms with Crippen LogP contribution in [0.1, 0.15) is 28.4 Å². The quantitative estimate of drug-likeness (QED) is 0.786. The number of rotatable bonds is 4. The Morgan fingerprint density at radius 1 is 1.00 bits per heavy atom. The number of benzene rings is 1. The molecule has 1 aliphatic heterocycles. The predicted octanol–water partition coefficient (Wildman–Crippen LogP) is 3.24. The van der Waals surface area contributed by atoms with E-state index >= 15 is 0 Å². The third kappa shape index (κ3) is 3.54. The number of aromatic nitrogens is 3. The Hall–Kier alpha value is -3.28. The van der Waals surface area contributed by atoms with E-state index in [0.29, 0.717) is 18.3 Å². The van der Waals surface area contributed by atoms with E-state index in [1.807, 2.05) is 59.5 Å². The van der Waals surface area contributed by atoms with Gasteiger partial charge in [0.25, 0.3) is 5.91 Å². The van der Waals surface area contributed by atoms with E-state index in [1.54, 1.807) is 12.4 Å². The number of nitrogens with zero attached hydrogens (tertiary/aromatic N) is 4. The molecule has 1 aromatic carbocycles. The van der Waals surface area contributed by atoms with Gasteiger partial charge in [-0.3, -0.25) is 4.79 Å². The van der Waals surface area contributed by atoms with Crippen molar-refractivity contribution in [1.29, 1.82) is 0 Å². The number of amides is 1. The highest BCUT2D eigenvalue weighted by atomic mass is 16.2. The molecule has 1 atom stereocenters. The smallest absolute Gasteiger partial charge is 0.253 e. The highest BCUT2D eigenvalue weighted by Crippen LogP contribution is 2.27. The number of nitrogens with one attached hydrogen (secondary N) is 1. The molecule has 26 heavy (non-hydrogen) atoms. The van der Waals surface area contributed by atoms with E-state index in [-0.39, 0.29) is 11.8 Å². The first-order valence-corrected chi connectivity index (χ1v) is 8.65. The Morgan fingerprint density at radius 2 is 1.85 bits per heavy atom. The van der Waals surface area contributed by atoms with Gasteiger partial charge in [0.05, 0.1) is 5.69 Å². The van der Waals surface area contributed by atoms with E-state index in [1.165, 1.54) is 0 Å². The molecule has 3 aromatic rings. The van der Waals surface area contributed by atoms with Crippen LogP contribution in [0.5, 0.6) is 0 Å². The average molecular weight is 345 g/mol. The molecule has 0 bridgehead atoms. The maximum atomic E-state index is 12.6. The van der Waals surface area contributed by atoms with Crippen molar-refractivity contribution in [3.05, 3.63) is 78.2 Å². The summed E-state index contributed by atoms with van der Waals surface area (Å²) in [5, 5.41) is 3.11. The number of likely N-dealkylation sites (tertiary alicyclic amines) is 1. The first kappa shape index (κ1) is 16.2. The summed E-state index contributed by atoms with van der Waals surface area (Å²) in [6.07, 6.45) is 4.37. The van der Waals surface area contributed by atoms with Gasteiger partial charge in [-0.15, -0.1) is 0 Å². The summed E-state index contributed by atoms with van der Waals surface area (Å²) in [4.78, 5) is 27.6. The van der Waals surface area contributed by atoms with E-state index in [0.717, 1.165) is 24.2 Å². The molecule has 0 aliphatic carbocycles. The summed E-state index contributed by atoms with van der Waals surface area (Å²) in [7, 11) is 0. The van der Waals surface area contributed by atoms with Crippen LogP contribution in [0.25, 0.3) is 0 Å². The fourth-order valence-corrected chi connectivity index (χ4v) is 3.16.